The number of hydrogen-bond donors (Lipinski definition) is 1. The first-order valence-corrected chi connectivity index (χ1v) is 12.9. The van der Waals surface area contributed by atoms with E-state index >= 15 is 0 Å². The molecular formula is C23H20F3N3O5S2. The molecule has 2 aromatic carbocycles. The van der Waals surface area contributed by atoms with Crippen LogP contribution in [0.25, 0.3) is 21.1 Å². The van der Waals surface area contributed by atoms with Crippen LogP contribution in [0, 0.1) is 0 Å². The van der Waals surface area contributed by atoms with Gasteiger partial charge >= 0.3 is 12.1 Å². The van der Waals surface area contributed by atoms with Crippen molar-refractivity contribution in [2.24, 2.45) is 0 Å². The van der Waals surface area contributed by atoms with E-state index < -0.39 is 27.7 Å². The summed E-state index contributed by atoms with van der Waals surface area (Å²) < 4.78 is 73.5. The lowest BCUT2D eigenvalue weighted by atomic mass is 10.1. The van der Waals surface area contributed by atoms with E-state index in [1.807, 2.05) is 0 Å². The van der Waals surface area contributed by atoms with Crippen molar-refractivity contribution >= 4 is 59.5 Å². The van der Waals surface area contributed by atoms with E-state index in [1.54, 1.807) is 0 Å². The number of amides is 1. The lowest BCUT2D eigenvalue weighted by Gasteiger charge is -2.13. The number of fused-ring (bicyclic) bond motifs is 2. The predicted octanol–water partition coefficient (Wildman–Crippen LogP) is 4.96. The number of nitrogens with zero attached hydrogens (tertiary/aromatic N) is 2. The maximum atomic E-state index is 13.8. The molecule has 13 heteroatoms. The molecule has 1 amide bonds. The number of alkyl halides is 3. The van der Waals surface area contributed by atoms with Gasteiger partial charge in [0.05, 0.1) is 33.3 Å². The molecule has 4 aromatic rings. The van der Waals surface area contributed by atoms with Crippen molar-refractivity contribution in [3.8, 4) is 0 Å². The smallest absolute Gasteiger partial charge is 0.416 e. The summed E-state index contributed by atoms with van der Waals surface area (Å²) >= 11 is 1.09. The summed E-state index contributed by atoms with van der Waals surface area (Å²) in [6.07, 6.45) is -4.23. The van der Waals surface area contributed by atoms with Gasteiger partial charge in [0.1, 0.15) is 0 Å². The summed E-state index contributed by atoms with van der Waals surface area (Å²) in [6, 6.07) is 8.49. The first kappa shape index (κ1) is 25.6. The second-order valence-electron chi connectivity index (χ2n) is 7.94. The third kappa shape index (κ3) is 5.07. The van der Waals surface area contributed by atoms with E-state index in [0.717, 1.165) is 33.5 Å². The van der Waals surface area contributed by atoms with Crippen molar-refractivity contribution in [3.05, 3.63) is 53.7 Å². The molecule has 0 radical (unpaired) electrons. The van der Waals surface area contributed by atoms with Crippen LogP contribution < -0.4 is 5.32 Å². The van der Waals surface area contributed by atoms with Crippen LogP contribution in [-0.4, -0.2) is 36.4 Å². The van der Waals surface area contributed by atoms with Crippen LogP contribution in [0.15, 0.2) is 47.4 Å². The molecule has 4 rings (SSSR count). The van der Waals surface area contributed by atoms with Crippen molar-refractivity contribution in [2.75, 3.05) is 12.4 Å². The van der Waals surface area contributed by atoms with Gasteiger partial charge in [-0.1, -0.05) is 11.3 Å². The minimum Gasteiger partial charge on any atom is -0.469 e. The average molecular weight is 540 g/mol. The second kappa shape index (κ2) is 9.54. The number of aromatic nitrogens is 2. The van der Waals surface area contributed by atoms with E-state index in [-0.39, 0.29) is 46.7 Å². The second-order valence-corrected chi connectivity index (χ2v) is 10.8. The maximum absolute atomic E-state index is 13.8. The normalized spacial score (nSPS) is 12.2. The van der Waals surface area contributed by atoms with Crippen molar-refractivity contribution in [3.63, 3.8) is 0 Å². The summed E-state index contributed by atoms with van der Waals surface area (Å²) in [5.74, 6) is -0.805. The Bertz CT molecular complexity index is 1590. The van der Waals surface area contributed by atoms with Crippen LogP contribution in [0.1, 0.15) is 31.0 Å². The molecule has 0 saturated heterocycles. The van der Waals surface area contributed by atoms with Crippen molar-refractivity contribution in [1.29, 1.82) is 0 Å². The summed E-state index contributed by atoms with van der Waals surface area (Å²) in [5, 5.41) is 2.96. The Morgan fingerprint density at radius 1 is 1.14 bits per heavy atom. The molecular weight excluding hydrogens is 519 g/mol. The van der Waals surface area contributed by atoms with Gasteiger partial charge in [-0.3, -0.25) is 9.59 Å². The van der Waals surface area contributed by atoms with Crippen LogP contribution in [0.2, 0.25) is 0 Å². The quantitative estimate of drug-likeness (QED) is 0.333. The minimum absolute atomic E-state index is 0.0185. The molecule has 8 nitrogen and oxygen atoms in total. The molecule has 0 aliphatic rings. The van der Waals surface area contributed by atoms with Crippen molar-refractivity contribution < 1.29 is 35.9 Å². The van der Waals surface area contributed by atoms with Crippen LogP contribution in [0.3, 0.4) is 0 Å². The first-order chi connectivity index (χ1) is 16.9. The van der Waals surface area contributed by atoms with E-state index in [2.05, 4.69) is 15.0 Å². The van der Waals surface area contributed by atoms with Gasteiger partial charge in [0, 0.05) is 24.4 Å². The summed E-state index contributed by atoms with van der Waals surface area (Å²) in [6.45, 7) is 1.32. The Morgan fingerprint density at radius 2 is 1.89 bits per heavy atom. The zero-order valence-corrected chi connectivity index (χ0v) is 20.7. The van der Waals surface area contributed by atoms with Crippen LogP contribution in [0.5, 0.6) is 0 Å². The molecule has 36 heavy (non-hydrogen) atoms. The summed E-state index contributed by atoms with van der Waals surface area (Å²) in [4.78, 5) is 27.0. The summed E-state index contributed by atoms with van der Waals surface area (Å²) in [7, 11) is -3.02. The molecule has 0 aliphatic carbocycles. The predicted molar refractivity (Wildman–Crippen MR) is 128 cm³/mol. The molecule has 0 fully saturated rings. The Labute approximate surface area is 207 Å². The maximum Gasteiger partial charge on any atom is 0.416 e. The summed E-state index contributed by atoms with van der Waals surface area (Å²) in [5.41, 5.74) is -0.105. The zero-order chi connectivity index (χ0) is 26.3. The first-order valence-electron chi connectivity index (χ1n) is 10.6. The van der Waals surface area contributed by atoms with Gasteiger partial charge in [0.15, 0.2) is 5.13 Å². The highest BCUT2D eigenvalue weighted by Gasteiger charge is 2.32. The number of hydrogen-bond acceptors (Lipinski definition) is 7. The number of carbonyl (C=O) groups is 2. The van der Waals surface area contributed by atoms with Gasteiger partial charge < -0.3 is 10.1 Å². The SMILES string of the molecule is COC(=O)CCCc1cc2cc(C(F)(F)F)ccc2n1S(=O)(=O)c1ccc2nc(NC(C)=O)sc2c1. The molecule has 2 heterocycles. The number of thiazole rings is 1. The fourth-order valence-electron chi connectivity index (χ4n) is 3.77. The molecule has 190 valence electrons. The number of carbonyl (C=O) groups excluding carboxylic acids is 2. The number of methoxy groups -OCH3 is 1. The van der Waals surface area contributed by atoms with Crippen LogP contribution >= 0.6 is 11.3 Å². The monoisotopic (exact) mass is 539 g/mol. The lowest BCUT2D eigenvalue weighted by Crippen LogP contribution is -2.16. The van der Waals surface area contributed by atoms with Gasteiger partial charge in [-0.25, -0.2) is 17.4 Å². The average Bonchev–Trinajstić information content (AvgIpc) is 3.37. The van der Waals surface area contributed by atoms with Gasteiger partial charge in [-0.2, -0.15) is 13.2 Å². The number of esters is 1. The molecule has 2 aromatic heterocycles. The molecule has 0 aliphatic heterocycles. The molecule has 0 atom stereocenters. The fraction of sp³-hybridized carbons (Fsp3) is 0.261. The topological polar surface area (TPSA) is 107 Å². The Balaban J connectivity index is 1.82. The number of rotatable bonds is 7. The molecule has 1 N–H and O–H groups in total. The number of ether oxygens (including phenoxy) is 1. The van der Waals surface area contributed by atoms with E-state index in [1.165, 1.54) is 38.3 Å². The van der Waals surface area contributed by atoms with Crippen LogP contribution in [-0.2, 0) is 36.9 Å². The molecule has 0 bridgehead atoms. The highest BCUT2D eigenvalue weighted by atomic mass is 32.2. The lowest BCUT2D eigenvalue weighted by molar-refractivity contribution is -0.140. The van der Waals surface area contributed by atoms with E-state index in [0.29, 0.717) is 15.3 Å². The number of aryl methyl sites for hydroxylation is 1. The van der Waals surface area contributed by atoms with Crippen molar-refractivity contribution in [2.45, 2.75) is 37.3 Å². The zero-order valence-electron chi connectivity index (χ0n) is 19.0. The van der Waals surface area contributed by atoms with E-state index in [4.69, 9.17) is 0 Å². The number of halogens is 3. The molecule has 0 saturated carbocycles. The standard InChI is InChI=1S/C23H20F3N3O5S2/c1-13(30)27-22-28-18-8-7-17(12-20(18)35-22)36(32,33)29-16(4-3-5-21(31)34-2)11-14-10-15(23(24,25)26)6-9-19(14)29/h6-12H,3-5H2,1-2H3,(H,27,28,30). The van der Waals surface area contributed by atoms with Gasteiger partial charge in [0.2, 0.25) is 5.91 Å². The fourth-order valence-corrected chi connectivity index (χ4v) is 6.39. The Morgan fingerprint density at radius 3 is 2.56 bits per heavy atom. The number of nitrogens with one attached hydrogen (secondary N) is 1. The minimum atomic E-state index is -4.59. The van der Waals surface area contributed by atoms with Gasteiger partial charge in [-0.15, -0.1) is 0 Å². The number of benzene rings is 2. The van der Waals surface area contributed by atoms with Crippen LogP contribution in [0.4, 0.5) is 18.3 Å². The van der Waals surface area contributed by atoms with Gasteiger partial charge in [0.25, 0.3) is 10.0 Å². The number of anilines is 1. The third-order valence-electron chi connectivity index (χ3n) is 5.38. The van der Waals surface area contributed by atoms with Crippen molar-refractivity contribution in [1.82, 2.24) is 8.96 Å². The Kier molecular flexibility index (Phi) is 6.80. The molecule has 0 unspecified atom stereocenters. The molecule has 0 spiro atoms. The Hall–Kier alpha value is -3.45. The largest absolute Gasteiger partial charge is 0.469 e. The third-order valence-corrected chi connectivity index (χ3v) is 8.07. The highest BCUT2D eigenvalue weighted by molar-refractivity contribution is 7.90. The van der Waals surface area contributed by atoms with Gasteiger partial charge in [-0.05, 0) is 55.3 Å². The van der Waals surface area contributed by atoms with E-state index in [9.17, 15) is 31.2 Å². The highest BCUT2D eigenvalue weighted by Crippen LogP contribution is 2.35.